The molecule has 0 spiro atoms. The molecule has 2 heterocycles. The van der Waals surface area contributed by atoms with Gasteiger partial charge in [-0.05, 0) is 63.7 Å². The predicted molar refractivity (Wildman–Crippen MR) is 93.3 cm³/mol. The zero-order valence-corrected chi connectivity index (χ0v) is 14.9. The van der Waals surface area contributed by atoms with Gasteiger partial charge in [0.1, 0.15) is 11.6 Å². The van der Waals surface area contributed by atoms with Crippen LogP contribution in [0.25, 0.3) is 0 Å². The minimum Gasteiger partial charge on any atom is -0.334 e. The molecule has 2 aliphatic rings. The number of piperidine rings is 1. The summed E-state index contributed by atoms with van der Waals surface area (Å²) in [5, 5.41) is 2.72. The number of benzene rings is 1. The summed E-state index contributed by atoms with van der Waals surface area (Å²) >= 11 is 0. The third kappa shape index (κ3) is 4.29. The smallest absolute Gasteiger partial charge is 0.317 e. The van der Waals surface area contributed by atoms with Crippen LogP contribution >= 0.6 is 0 Å². The van der Waals surface area contributed by atoms with Crippen molar-refractivity contribution >= 4 is 6.03 Å². The Bertz CT molecular complexity index is 617. The van der Waals surface area contributed by atoms with Gasteiger partial charge in [0.25, 0.3) is 0 Å². The lowest BCUT2D eigenvalue weighted by Gasteiger charge is -2.37. The standard InChI is InChI=1S/C19H27F2N3O/c1-14-7-8-17(20)16(18(14)21)12-22-19(25)24-11-3-2-6-15(24)13-23-9-4-5-10-23/h7-8,15H,2-6,9-13H2,1H3,(H,22,25)/t15-/m1/s1. The van der Waals surface area contributed by atoms with Gasteiger partial charge in [0.2, 0.25) is 0 Å². The number of carbonyl (C=O) groups is 1. The van der Waals surface area contributed by atoms with E-state index in [9.17, 15) is 13.6 Å². The molecule has 0 unspecified atom stereocenters. The molecule has 0 saturated carbocycles. The first-order chi connectivity index (χ1) is 12.1. The topological polar surface area (TPSA) is 35.6 Å². The average molecular weight is 351 g/mol. The fourth-order valence-corrected chi connectivity index (χ4v) is 3.86. The molecule has 2 saturated heterocycles. The fourth-order valence-electron chi connectivity index (χ4n) is 3.86. The molecule has 2 fully saturated rings. The van der Waals surface area contributed by atoms with Crippen molar-refractivity contribution in [2.24, 2.45) is 0 Å². The summed E-state index contributed by atoms with van der Waals surface area (Å²) in [5.41, 5.74) is 0.317. The van der Waals surface area contributed by atoms with Gasteiger partial charge in [-0.2, -0.15) is 0 Å². The Morgan fingerprint density at radius 2 is 1.88 bits per heavy atom. The summed E-state index contributed by atoms with van der Waals surface area (Å²) in [5.74, 6) is -1.19. The van der Waals surface area contributed by atoms with Crippen LogP contribution in [0.3, 0.4) is 0 Å². The highest BCUT2D eigenvalue weighted by atomic mass is 19.1. The number of aryl methyl sites for hydroxylation is 1. The Morgan fingerprint density at radius 1 is 1.16 bits per heavy atom. The Hall–Kier alpha value is -1.69. The molecular formula is C19H27F2N3O. The van der Waals surface area contributed by atoms with E-state index in [1.807, 2.05) is 4.90 Å². The van der Waals surface area contributed by atoms with E-state index in [0.717, 1.165) is 38.9 Å². The fraction of sp³-hybridized carbons (Fsp3) is 0.632. The molecule has 0 aromatic heterocycles. The number of urea groups is 1. The highest BCUT2D eigenvalue weighted by Crippen LogP contribution is 2.21. The van der Waals surface area contributed by atoms with E-state index in [2.05, 4.69) is 10.2 Å². The summed E-state index contributed by atoms with van der Waals surface area (Å²) in [6.45, 7) is 5.29. The number of nitrogens with one attached hydrogen (secondary N) is 1. The molecule has 138 valence electrons. The van der Waals surface area contributed by atoms with Gasteiger partial charge in [-0.1, -0.05) is 6.07 Å². The normalized spacial score (nSPS) is 21.6. The average Bonchev–Trinajstić information content (AvgIpc) is 3.11. The van der Waals surface area contributed by atoms with Crippen molar-refractivity contribution < 1.29 is 13.6 Å². The summed E-state index contributed by atoms with van der Waals surface area (Å²) in [6, 6.07) is 2.63. The third-order valence-electron chi connectivity index (χ3n) is 5.35. The van der Waals surface area contributed by atoms with Crippen LogP contribution in [0, 0.1) is 18.6 Å². The molecule has 6 heteroatoms. The lowest BCUT2D eigenvalue weighted by atomic mass is 10.0. The Morgan fingerprint density at radius 3 is 2.64 bits per heavy atom. The minimum absolute atomic E-state index is 0.0681. The van der Waals surface area contributed by atoms with Crippen LogP contribution in [-0.4, -0.2) is 48.1 Å². The molecule has 0 radical (unpaired) electrons. The lowest BCUT2D eigenvalue weighted by Crippen LogP contribution is -2.52. The number of carbonyl (C=O) groups excluding carboxylic acids is 1. The maximum atomic E-state index is 14.1. The van der Waals surface area contributed by atoms with E-state index in [4.69, 9.17) is 0 Å². The second kappa shape index (κ2) is 8.13. The zero-order chi connectivity index (χ0) is 17.8. The van der Waals surface area contributed by atoms with E-state index in [0.29, 0.717) is 12.1 Å². The second-order valence-electron chi connectivity index (χ2n) is 7.17. The number of nitrogens with zero attached hydrogens (tertiary/aromatic N) is 2. The lowest BCUT2D eigenvalue weighted by molar-refractivity contribution is 0.127. The number of halogens is 2. The van der Waals surface area contributed by atoms with Gasteiger partial charge in [-0.15, -0.1) is 0 Å². The summed E-state index contributed by atoms with van der Waals surface area (Å²) in [4.78, 5) is 16.9. The van der Waals surface area contributed by atoms with Crippen LogP contribution in [-0.2, 0) is 6.54 Å². The number of hydrogen-bond acceptors (Lipinski definition) is 2. The van der Waals surface area contributed by atoms with Crippen LogP contribution in [0.4, 0.5) is 13.6 Å². The Balaban J connectivity index is 1.61. The number of amides is 2. The molecule has 4 nitrogen and oxygen atoms in total. The highest BCUT2D eigenvalue weighted by Gasteiger charge is 2.29. The molecule has 25 heavy (non-hydrogen) atoms. The molecule has 0 aliphatic carbocycles. The third-order valence-corrected chi connectivity index (χ3v) is 5.35. The van der Waals surface area contributed by atoms with Crippen molar-refractivity contribution in [1.82, 2.24) is 15.1 Å². The molecule has 1 atom stereocenters. The van der Waals surface area contributed by atoms with Gasteiger partial charge in [0, 0.05) is 24.7 Å². The second-order valence-corrected chi connectivity index (χ2v) is 7.17. The van der Waals surface area contributed by atoms with E-state index < -0.39 is 11.6 Å². The van der Waals surface area contributed by atoms with Crippen LogP contribution in [0.15, 0.2) is 12.1 Å². The predicted octanol–water partition coefficient (Wildman–Crippen LogP) is 3.43. The molecule has 1 N–H and O–H groups in total. The monoisotopic (exact) mass is 351 g/mol. The SMILES string of the molecule is Cc1ccc(F)c(CNC(=O)N2CCCC[C@@H]2CN2CCCC2)c1F. The number of rotatable bonds is 4. The van der Waals surface area contributed by atoms with E-state index in [1.165, 1.54) is 25.0 Å². The number of likely N-dealkylation sites (tertiary alicyclic amines) is 2. The van der Waals surface area contributed by atoms with Gasteiger partial charge in [0.15, 0.2) is 0 Å². The first kappa shape index (κ1) is 18.1. The van der Waals surface area contributed by atoms with Crippen LogP contribution in [0.5, 0.6) is 0 Å². The maximum Gasteiger partial charge on any atom is 0.317 e. The Labute approximate surface area is 148 Å². The summed E-state index contributed by atoms with van der Waals surface area (Å²) < 4.78 is 27.9. The maximum absolute atomic E-state index is 14.1. The van der Waals surface area contributed by atoms with E-state index >= 15 is 0 Å². The highest BCUT2D eigenvalue weighted by molar-refractivity contribution is 5.74. The van der Waals surface area contributed by atoms with Crippen molar-refractivity contribution in [3.05, 3.63) is 34.9 Å². The van der Waals surface area contributed by atoms with Crippen molar-refractivity contribution in [3.8, 4) is 0 Å². The summed E-state index contributed by atoms with van der Waals surface area (Å²) in [6.07, 6.45) is 5.56. The zero-order valence-electron chi connectivity index (χ0n) is 14.9. The molecule has 3 rings (SSSR count). The van der Waals surface area contributed by atoms with Crippen LogP contribution in [0.1, 0.15) is 43.2 Å². The van der Waals surface area contributed by atoms with Crippen LogP contribution < -0.4 is 5.32 Å². The molecule has 1 aromatic carbocycles. The molecule has 1 aromatic rings. The van der Waals surface area contributed by atoms with Gasteiger partial charge in [-0.25, -0.2) is 13.6 Å². The molecule has 0 bridgehead atoms. The van der Waals surface area contributed by atoms with Crippen molar-refractivity contribution in [3.63, 3.8) is 0 Å². The van der Waals surface area contributed by atoms with Crippen molar-refractivity contribution in [1.29, 1.82) is 0 Å². The first-order valence-electron chi connectivity index (χ1n) is 9.26. The Kier molecular flexibility index (Phi) is 5.89. The van der Waals surface area contributed by atoms with Crippen LogP contribution in [0.2, 0.25) is 0 Å². The van der Waals surface area contributed by atoms with E-state index in [1.54, 1.807) is 6.92 Å². The first-order valence-corrected chi connectivity index (χ1v) is 9.26. The van der Waals surface area contributed by atoms with Gasteiger partial charge >= 0.3 is 6.03 Å². The number of hydrogen-bond donors (Lipinski definition) is 1. The molecule has 2 amide bonds. The van der Waals surface area contributed by atoms with Gasteiger partial charge < -0.3 is 15.1 Å². The largest absolute Gasteiger partial charge is 0.334 e. The molecule has 2 aliphatic heterocycles. The van der Waals surface area contributed by atoms with E-state index in [-0.39, 0.29) is 24.2 Å². The van der Waals surface area contributed by atoms with Gasteiger partial charge in [0.05, 0.1) is 6.54 Å². The minimum atomic E-state index is -0.615. The molecular weight excluding hydrogens is 324 g/mol. The van der Waals surface area contributed by atoms with Crippen molar-refractivity contribution in [2.75, 3.05) is 26.2 Å². The summed E-state index contributed by atoms with van der Waals surface area (Å²) in [7, 11) is 0. The quantitative estimate of drug-likeness (QED) is 0.902. The van der Waals surface area contributed by atoms with Crippen molar-refractivity contribution in [2.45, 2.75) is 51.6 Å². The van der Waals surface area contributed by atoms with Gasteiger partial charge in [-0.3, -0.25) is 0 Å².